The van der Waals surface area contributed by atoms with Crippen molar-refractivity contribution in [3.8, 4) is 16.9 Å². The molecule has 3 rings (SSSR count). The normalized spacial score (nSPS) is 17.2. The maximum atomic E-state index is 10.0. The van der Waals surface area contributed by atoms with E-state index in [0.29, 0.717) is 11.8 Å². The molecule has 1 atom stereocenters. The quantitative estimate of drug-likeness (QED) is 0.699. The van der Waals surface area contributed by atoms with Gasteiger partial charge in [-0.3, -0.25) is 0 Å². The van der Waals surface area contributed by atoms with Crippen LogP contribution in [0.2, 0.25) is 0 Å². The Morgan fingerprint density at radius 1 is 1.15 bits per heavy atom. The number of para-hydroxylation sites is 1. The van der Waals surface area contributed by atoms with Gasteiger partial charge in [0.25, 0.3) is 0 Å². The summed E-state index contributed by atoms with van der Waals surface area (Å²) < 4.78 is 1.25. The zero-order valence-electron chi connectivity index (χ0n) is 11.2. The molecule has 2 N–H and O–H groups in total. The Bertz CT molecular complexity index is 630. The summed E-state index contributed by atoms with van der Waals surface area (Å²) in [5.74, 6) is 0.344. The SMILES string of the molecule is CC1NCCc2ccc(-c3ccccc3O)c(I)c21.Cl. The first-order chi connectivity index (χ1) is 9.18. The number of halogens is 2. The van der Waals surface area contributed by atoms with Gasteiger partial charge in [0, 0.05) is 15.2 Å². The van der Waals surface area contributed by atoms with Crippen LogP contribution in [0.25, 0.3) is 11.1 Å². The smallest absolute Gasteiger partial charge is 0.123 e. The molecule has 0 saturated carbocycles. The minimum atomic E-state index is 0. The summed E-state index contributed by atoms with van der Waals surface area (Å²) in [6, 6.07) is 12.2. The van der Waals surface area contributed by atoms with Gasteiger partial charge < -0.3 is 10.4 Å². The second-order valence-electron chi connectivity index (χ2n) is 4.94. The maximum absolute atomic E-state index is 10.0. The van der Waals surface area contributed by atoms with Gasteiger partial charge in [0.05, 0.1) is 0 Å². The van der Waals surface area contributed by atoms with Gasteiger partial charge >= 0.3 is 0 Å². The molecule has 1 aliphatic rings. The van der Waals surface area contributed by atoms with Crippen molar-refractivity contribution in [3.63, 3.8) is 0 Å². The number of phenolic OH excluding ortho intramolecular Hbond substituents is 1. The molecule has 0 aliphatic carbocycles. The molecule has 0 bridgehead atoms. The van der Waals surface area contributed by atoms with Crippen LogP contribution in [-0.2, 0) is 6.42 Å². The van der Waals surface area contributed by atoms with E-state index in [1.54, 1.807) is 6.07 Å². The fourth-order valence-corrected chi connectivity index (χ4v) is 4.04. The van der Waals surface area contributed by atoms with Crippen molar-refractivity contribution in [1.82, 2.24) is 5.32 Å². The molecule has 1 heterocycles. The second-order valence-corrected chi connectivity index (χ2v) is 6.02. The first-order valence-electron chi connectivity index (χ1n) is 6.51. The summed E-state index contributed by atoms with van der Waals surface area (Å²) in [5, 5.41) is 13.5. The summed E-state index contributed by atoms with van der Waals surface area (Å²) in [7, 11) is 0. The predicted octanol–water partition coefficient (Wildman–Crippen LogP) is 4.29. The van der Waals surface area contributed by atoms with Crippen LogP contribution in [0, 0.1) is 3.57 Å². The van der Waals surface area contributed by atoms with Crippen LogP contribution in [-0.4, -0.2) is 11.7 Å². The molecule has 106 valence electrons. The number of benzene rings is 2. The first-order valence-corrected chi connectivity index (χ1v) is 7.59. The van der Waals surface area contributed by atoms with E-state index >= 15 is 0 Å². The lowest BCUT2D eigenvalue weighted by Crippen LogP contribution is -2.28. The van der Waals surface area contributed by atoms with Crippen molar-refractivity contribution in [2.45, 2.75) is 19.4 Å². The Morgan fingerprint density at radius 2 is 1.90 bits per heavy atom. The minimum absolute atomic E-state index is 0. The van der Waals surface area contributed by atoms with Crippen LogP contribution in [0.15, 0.2) is 36.4 Å². The van der Waals surface area contributed by atoms with Gasteiger partial charge in [-0.1, -0.05) is 30.3 Å². The third-order valence-corrected chi connectivity index (χ3v) is 4.90. The lowest BCUT2D eigenvalue weighted by molar-refractivity contribution is 0.477. The molecule has 0 aromatic heterocycles. The second kappa shape index (κ2) is 6.33. The van der Waals surface area contributed by atoms with Crippen molar-refractivity contribution in [3.05, 3.63) is 51.1 Å². The first kappa shape index (κ1) is 15.6. The van der Waals surface area contributed by atoms with Gasteiger partial charge in [0.2, 0.25) is 0 Å². The Morgan fingerprint density at radius 3 is 2.65 bits per heavy atom. The molecular formula is C16H17ClINO. The highest BCUT2D eigenvalue weighted by Crippen LogP contribution is 2.37. The summed E-state index contributed by atoms with van der Waals surface area (Å²) in [5.41, 5.74) is 4.84. The fourth-order valence-electron chi connectivity index (χ4n) is 2.75. The molecule has 0 spiro atoms. The summed E-state index contributed by atoms with van der Waals surface area (Å²) in [4.78, 5) is 0. The minimum Gasteiger partial charge on any atom is -0.507 e. The van der Waals surface area contributed by atoms with Gasteiger partial charge in [-0.15, -0.1) is 12.4 Å². The molecule has 4 heteroatoms. The van der Waals surface area contributed by atoms with Gasteiger partial charge in [-0.05, 0) is 65.2 Å². The molecule has 0 amide bonds. The highest BCUT2D eigenvalue weighted by Gasteiger charge is 2.21. The van der Waals surface area contributed by atoms with Gasteiger partial charge in [-0.25, -0.2) is 0 Å². The summed E-state index contributed by atoms with van der Waals surface area (Å²) in [6.07, 6.45) is 1.08. The monoisotopic (exact) mass is 401 g/mol. The largest absolute Gasteiger partial charge is 0.507 e. The third-order valence-electron chi connectivity index (χ3n) is 3.74. The number of rotatable bonds is 1. The Hall–Kier alpha value is -0.780. The van der Waals surface area contributed by atoms with Crippen LogP contribution >= 0.6 is 35.0 Å². The number of phenols is 1. The van der Waals surface area contributed by atoms with E-state index in [1.165, 1.54) is 14.7 Å². The van der Waals surface area contributed by atoms with E-state index < -0.39 is 0 Å². The molecule has 2 aromatic carbocycles. The maximum Gasteiger partial charge on any atom is 0.123 e. The zero-order valence-corrected chi connectivity index (χ0v) is 14.2. The van der Waals surface area contributed by atoms with Crippen LogP contribution in [0.4, 0.5) is 0 Å². The van der Waals surface area contributed by atoms with Crippen LogP contribution in [0.3, 0.4) is 0 Å². The number of nitrogens with one attached hydrogen (secondary N) is 1. The molecule has 0 radical (unpaired) electrons. The lowest BCUT2D eigenvalue weighted by atomic mass is 9.91. The zero-order chi connectivity index (χ0) is 13.4. The summed E-state index contributed by atoms with van der Waals surface area (Å²) in [6.45, 7) is 3.25. The molecule has 0 fully saturated rings. The Labute approximate surface area is 139 Å². The summed E-state index contributed by atoms with van der Waals surface area (Å²) >= 11 is 2.41. The van der Waals surface area contributed by atoms with Crippen molar-refractivity contribution < 1.29 is 5.11 Å². The van der Waals surface area contributed by atoms with Crippen LogP contribution in [0.1, 0.15) is 24.1 Å². The van der Waals surface area contributed by atoms with E-state index in [2.05, 4.69) is 47.0 Å². The highest BCUT2D eigenvalue weighted by atomic mass is 127. The average molecular weight is 402 g/mol. The Kier molecular flexibility index (Phi) is 4.94. The average Bonchev–Trinajstić information content (AvgIpc) is 2.40. The molecule has 2 nitrogen and oxygen atoms in total. The van der Waals surface area contributed by atoms with E-state index in [4.69, 9.17) is 0 Å². The lowest BCUT2D eigenvalue weighted by Gasteiger charge is -2.26. The Balaban J connectivity index is 0.00000147. The molecule has 0 saturated heterocycles. The van der Waals surface area contributed by atoms with Gasteiger partial charge in [0.1, 0.15) is 5.75 Å². The topological polar surface area (TPSA) is 32.3 Å². The molecule has 1 aliphatic heterocycles. The standard InChI is InChI=1S/C16H16INO.ClH/c1-10-15-11(8-9-18-10)6-7-13(16(15)17)12-4-2-3-5-14(12)19;/h2-7,10,18-19H,8-9H2,1H3;1H. The fraction of sp³-hybridized carbons (Fsp3) is 0.250. The highest BCUT2D eigenvalue weighted by molar-refractivity contribution is 14.1. The van der Waals surface area contributed by atoms with E-state index in [-0.39, 0.29) is 12.4 Å². The van der Waals surface area contributed by atoms with Crippen LogP contribution < -0.4 is 5.32 Å². The number of fused-ring (bicyclic) bond motifs is 1. The molecule has 1 unspecified atom stereocenters. The van der Waals surface area contributed by atoms with Crippen LogP contribution in [0.5, 0.6) is 5.75 Å². The third kappa shape index (κ3) is 2.67. The molecule has 20 heavy (non-hydrogen) atoms. The van der Waals surface area contributed by atoms with Crippen molar-refractivity contribution >= 4 is 35.0 Å². The molecule has 2 aromatic rings. The number of hydrogen-bond acceptors (Lipinski definition) is 2. The van der Waals surface area contributed by atoms with Gasteiger partial charge in [0.15, 0.2) is 0 Å². The molecular weight excluding hydrogens is 385 g/mol. The van der Waals surface area contributed by atoms with E-state index in [1.807, 2.05) is 18.2 Å². The van der Waals surface area contributed by atoms with Crippen molar-refractivity contribution in [2.24, 2.45) is 0 Å². The van der Waals surface area contributed by atoms with E-state index in [0.717, 1.165) is 24.1 Å². The van der Waals surface area contributed by atoms with Crippen molar-refractivity contribution in [2.75, 3.05) is 6.54 Å². The van der Waals surface area contributed by atoms with Crippen molar-refractivity contribution in [1.29, 1.82) is 0 Å². The van der Waals surface area contributed by atoms with Gasteiger partial charge in [-0.2, -0.15) is 0 Å². The predicted molar refractivity (Wildman–Crippen MR) is 93.6 cm³/mol. The van der Waals surface area contributed by atoms with E-state index in [9.17, 15) is 5.11 Å². The number of aromatic hydroxyl groups is 1. The number of hydrogen-bond donors (Lipinski definition) is 2.